The molecule has 0 unspecified atom stereocenters. The Morgan fingerprint density at radius 3 is 2.70 bits per heavy atom. The number of carbonyl (C=O) groups excluding carboxylic acids is 1. The average Bonchev–Trinajstić information content (AvgIpc) is 3.49. The van der Waals surface area contributed by atoms with E-state index in [0.29, 0.717) is 17.6 Å². The molecule has 6 N–H and O–H groups in total. The molecule has 27 heavy (non-hydrogen) atoms. The van der Waals surface area contributed by atoms with E-state index in [9.17, 15) is 4.79 Å². The highest BCUT2D eigenvalue weighted by molar-refractivity contribution is 5.96. The first-order valence-corrected chi connectivity index (χ1v) is 9.52. The number of carbonyl (C=O) groups is 1. The third-order valence-corrected chi connectivity index (χ3v) is 5.20. The van der Waals surface area contributed by atoms with Crippen molar-refractivity contribution in [3.8, 4) is 0 Å². The largest absolute Gasteiger partial charge is 0.364 e. The molecule has 0 aliphatic heterocycles. The van der Waals surface area contributed by atoms with Gasteiger partial charge in [0.15, 0.2) is 11.5 Å². The first kappa shape index (κ1) is 17.7. The van der Waals surface area contributed by atoms with Crippen LogP contribution in [0.2, 0.25) is 0 Å². The number of primary amides is 1. The van der Waals surface area contributed by atoms with Gasteiger partial charge in [-0.25, -0.2) is 9.97 Å². The normalized spacial score (nSPS) is 22.3. The van der Waals surface area contributed by atoms with Gasteiger partial charge in [-0.3, -0.25) is 9.78 Å². The van der Waals surface area contributed by atoms with Crippen molar-refractivity contribution < 1.29 is 4.79 Å². The van der Waals surface area contributed by atoms with Crippen LogP contribution < -0.4 is 22.1 Å². The molecule has 2 aliphatic rings. The van der Waals surface area contributed by atoms with Gasteiger partial charge in [0.05, 0.1) is 6.20 Å². The van der Waals surface area contributed by atoms with E-state index in [1.165, 1.54) is 19.0 Å². The minimum atomic E-state index is -0.623. The molecular formula is C19H25N7O. The van der Waals surface area contributed by atoms with Gasteiger partial charge in [-0.2, -0.15) is 0 Å². The zero-order valence-electron chi connectivity index (χ0n) is 15.2. The van der Waals surface area contributed by atoms with Crippen molar-refractivity contribution in [1.29, 1.82) is 0 Å². The molecule has 0 bridgehead atoms. The first-order chi connectivity index (χ1) is 13.1. The number of hydrogen-bond acceptors (Lipinski definition) is 7. The molecule has 1 amide bonds. The number of aromatic nitrogens is 3. The van der Waals surface area contributed by atoms with Gasteiger partial charge < -0.3 is 22.1 Å². The van der Waals surface area contributed by atoms with Gasteiger partial charge in [-0.15, -0.1) is 0 Å². The predicted octanol–water partition coefficient (Wildman–Crippen LogP) is 2.27. The summed E-state index contributed by atoms with van der Waals surface area (Å²) in [6.07, 6.45) is 9.93. The van der Waals surface area contributed by atoms with Crippen molar-refractivity contribution >= 4 is 23.2 Å². The van der Waals surface area contributed by atoms with Crippen molar-refractivity contribution in [2.24, 2.45) is 11.5 Å². The second kappa shape index (κ2) is 7.48. The molecule has 2 heterocycles. The third kappa shape index (κ3) is 4.16. The monoisotopic (exact) mass is 367 g/mol. The molecule has 0 aromatic carbocycles. The smallest absolute Gasteiger partial charge is 0.271 e. The molecule has 0 saturated heterocycles. The van der Waals surface area contributed by atoms with Crippen molar-refractivity contribution in [2.75, 3.05) is 10.6 Å². The SMILES string of the molecule is NC(=O)c1ncc(N[C@@H]2CCCC[C@@H]2N)nc1Nc1ccnc(C2CC2)c1. The maximum Gasteiger partial charge on any atom is 0.271 e. The summed E-state index contributed by atoms with van der Waals surface area (Å²) in [4.78, 5) is 25.0. The molecule has 2 atom stereocenters. The van der Waals surface area contributed by atoms with Crippen molar-refractivity contribution in [3.05, 3.63) is 35.9 Å². The second-order valence-electron chi connectivity index (χ2n) is 7.38. The van der Waals surface area contributed by atoms with Crippen LogP contribution in [0.15, 0.2) is 24.5 Å². The Kier molecular flexibility index (Phi) is 4.89. The van der Waals surface area contributed by atoms with Gasteiger partial charge >= 0.3 is 0 Å². The van der Waals surface area contributed by atoms with Gasteiger partial charge in [-0.05, 0) is 37.8 Å². The highest BCUT2D eigenvalue weighted by Crippen LogP contribution is 2.39. The van der Waals surface area contributed by atoms with Crippen LogP contribution in [0, 0.1) is 0 Å². The molecule has 2 aromatic rings. The second-order valence-corrected chi connectivity index (χ2v) is 7.38. The summed E-state index contributed by atoms with van der Waals surface area (Å²) in [5.41, 5.74) is 13.7. The van der Waals surface area contributed by atoms with E-state index in [2.05, 4.69) is 25.6 Å². The Hall–Kier alpha value is -2.74. The van der Waals surface area contributed by atoms with Crippen molar-refractivity contribution in [2.45, 2.75) is 56.5 Å². The summed E-state index contributed by atoms with van der Waals surface area (Å²) in [6.45, 7) is 0. The molecule has 0 radical (unpaired) electrons. The van der Waals surface area contributed by atoms with E-state index in [-0.39, 0.29) is 17.8 Å². The van der Waals surface area contributed by atoms with Crippen LogP contribution in [0.25, 0.3) is 0 Å². The molecule has 142 valence electrons. The van der Waals surface area contributed by atoms with Crippen molar-refractivity contribution in [3.63, 3.8) is 0 Å². The fourth-order valence-corrected chi connectivity index (χ4v) is 3.52. The van der Waals surface area contributed by atoms with Gasteiger partial charge in [0.25, 0.3) is 5.91 Å². The molecule has 2 fully saturated rings. The van der Waals surface area contributed by atoms with E-state index in [1.54, 1.807) is 6.20 Å². The van der Waals surface area contributed by atoms with Gasteiger partial charge in [0.2, 0.25) is 0 Å². The van der Waals surface area contributed by atoms with E-state index < -0.39 is 5.91 Å². The third-order valence-electron chi connectivity index (χ3n) is 5.20. The fourth-order valence-electron chi connectivity index (χ4n) is 3.52. The first-order valence-electron chi connectivity index (χ1n) is 9.52. The Labute approximate surface area is 158 Å². The minimum Gasteiger partial charge on any atom is -0.364 e. The number of nitrogens with zero attached hydrogens (tertiary/aromatic N) is 3. The topological polar surface area (TPSA) is 132 Å². The zero-order chi connectivity index (χ0) is 18.8. The summed E-state index contributed by atoms with van der Waals surface area (Å²) in [7, 11) is 0. The van der Waals surface area contributed by atoms with Crippen LogP contribution in [0.3, 0.4) is 0 Å². The molecule has 0 spiro atoms. The van der Waals surface area contributed by atoms with E-state index in [0.717, 1.165) is 37.1 Å². The van der Waals surface area contributed by atoms with Crippen molar-refractivity contribution in [1.82, 2.24) is 15.0 Å². The van der Waals surface area contributed by atoms with Gasteiger partial charge in [0.1, 0.15) is 5.82 Å². The Bertz CT molecular complexity index is 837. The van der Waals surface area contributed by atoms with Crippen LogP contribution in [0.5, 0.6) is 0 Å². The summed E-state index contributed by atoms with van der Waals surface area (Å²) >= 11 is 0. The predicted molar refractivity (Wildman–Crippen MR) is 104 cm³/mol. The summed E-state index contributed by atoms with van der Waals surface area (Å²) in [5.74, 6) is 0.836. The summed E-state index contributed by atoms with van der Waals surface area (Å²) < 4.78 is 0. The number of rotatable bonds is 6. The lowest BCUT2D eigenvalue weighted by atomic mass is 9.91. The molecular weight excluding hydrogens is 342 g/mol. The molecule has 2 saturated carbocycles. The summed E-state index contributed by atoms with van der Waals surface area (Å²) in [5, 5.41) is 6.54. The lowest BCUT2D eigenvalue weighted by Crippen LogP contribution is -2.42. The van der Waals surface area contributed by atoms with Gasteiger partial charge in [0, 0.05) is 35.6 Å². The van der Waals surface area contributed by atoms with E-state index in [1.807, 2.05) is 12.1 Å². The highest BCUT2D eigenvalue weighted by Gasteiger charge is 2.25. The van der Waals surface area contributed by atoms with E-state index in [4.69, 9.17) is 11.5 Å². The molecule has 8 heteroatoms. The summed E-state index contributed by atoms with van der Waals surface area (Å²) in [6, 6.07) is 4.08. The molecule has 2 aliphatic carbocycles. The lowest BCUT2D eigenvalue weighted by Gasteiger charge is -2.29. The van der Waals surface area contributed by atoms with Crippen LogP contribution >= 0.6 is 0 Å². The molecule has 4 rings (SSSR count). The quantitative estimate of drug-likeness (QED) is 0.616. The maximum atomic E-state index is 11.8. The van der Waals surface area contributed by atoms with Crippen LogP contribution in [-0.4, -0.2) is 32.9 Å². The molecule has 8 nitrogen and oxygen atoms in total. The standard InChI is InChI=1S/C19H25N7O/c20-13-3-1-2-4-14(13)25-16-10-23-17(18(21)27)19(26-16)24-12-7-8-22-15(9-12)11-5-6-11/h7-11,13-14H,1-6,20H2,(H2,21,27)(H2,22,24,25,26)/t13-,14+/m0/s1. The van der Waals surface area contributed by atoms with E-state index >= 15 is 0 Å². The Morgan fingerprint density at radius 1 is 1.15 bits per heavy atom. The Balaban J connectivity index is 1.57. The number of anilines is 3. The van der Waals surface area contributed by atoms with Gasteiger partial charge in [-0.1, -0.05) is 12.8 Å². The molecule has 2 aromatic heterocycles. The average molecular weight is 367 g/mol. The van der Waals surface area contributed by atoms with Crippen LogP contribution in [-0.2, 0) is 0 Å². The zero-order valence-corrected chi connectivity index (χ0v) is 15.2. The van der Waals surface area contributed by atoms with Crippen LogP contribution in [0.1, 0.15) is 60.6 Å². The highest BCUT2D eigenvalue weighted by atomic mass is 16.1. The maximum absolute atomic E-state index is 11.8. The Morgan fingerprint density at radius 2 is 1.96 bits per heavy atom. The number of nitrogens with one attached hydrogen (secondary N) is 2. The lowest BCUT2D eigenvalue weighted by molar-refractivity contribution is 0.0996. The minimum absolute atomic E-state index is 0.0917. The number of hydrogen-bond donors (Lipinski definition) is 4. The fraction of sp³-hybridized carbons (Fsp3) is 0.474. The number of pyridine rings is 1. The van der Waals surface area contributed by atoms with Crippen LogP contribution in [0.4, 0.5) is 17.3 Å². The number of nitrogens with two attached hydrogens (primary N) is 2. The number of amides is 1.